The predicted molar refractivity (Wildman–Crippen MR) is 72.1 cm³/mol. The largest absolute Gasteiger partial charge is 0.489 e. The van der Waals surface area contributed by atoms with Crippen LogP contribution in [0.2, 0.25) is 0 Å². The van der Waals surface area contributed by atoms with Crippen LogP contribution in [0.25, 0.3) is 0 Å². The van der Waals surface area contributed by atoms with Gasteiger partial charge in [-0.15, -0.1) is 0 Å². The van der Waals surface area contributed by atoms with Crippen molar-refractivity contribution in [3.8, 4) is 5.75 Å². The lowest BCUT2D eigenvalue weighted by Crippen LogP contribution is -1.96. The van der Waals surface area contributed by atoms with Crippen LogP contribution < -0.4 is 4.74 Å². The fraction of sp³-hybridized carbons (Fsp3) is 0.188. The summed E-state index contributed by atoms with van der Waals surface area (Å²) in [6.45, 7) is 4.73. The van der Waals surface area contributed by atoms with Gasteiger partial charge < -0.3 is 4.74 Å². The molecule has 0 aliphatic heterocycles. The highest BCUT2D eigenvalue weighted by molar-refractivity contribution is 5.74. The number of rotatable bonds is 4. The molecule has 0 N–H and O–H groups in total. The molecule has 2 rings (SSSR count). The summed E-state index contributed by atoms with van der Waals surface area (Å²) in [7, 11) is 0. The van der Waals surface area contributed by atoms with Crippen LogP contribution in [0.3, 0.4) is 0 Å². The zero-order valence-corrected chi connectivity index (χ0v) is 10.6. The van der Waals surface area contributed by atoms with E-state index in [-0.39, 0.29) is 0 Å². The molecule has 0 saturated heterocycles. The van der Waals surface area contributed by atoms with Gasteiger partial charge in [-0.3, -0.25) is 4.79 Å². The molecule has 0 aromatic heterocycles. The number of aryl methyl sites for hydroxylation is 2. The van der Waals surface area contributed by atoms with Crippen LogP contribution in [0.4, 0.5) is 0 Å². The van der Waals surface area contributed by atoms with Gasteiger partial charge in [-0.25, -0.2) is 0 Å². The van der Waals surface area contributed by atoms with Gasteiger partial charge >= 0.3 is 0 Å². The number of ether oxygens (including phenoxy) is 1. The van der Waals surface area contributed by atoms with E-state index in [1.54, 1.807) is 12.1 Å². The van der Waals surface area contributed by atoms with Gasteiger partial charge in [-0.1, -0.05) is 18.2 Å². The summed E-state index contributed by atoms with van der Waals surface area (Å²) in [6, 6.07) is 13.4. The molecule has 0 amide bonds. The minimum atomic E-state index is 0.543. The van der Waals surface area contributed by atoms with Crippen molar-refractivity contribution in [3.63, 3.8) is 0 Å². The van der Waals surface area contributed by atoms with Crippen molar-refractivity contribution in [2.45, 2.75) is 20.5 Å². The third-order valence-electron chi connectivity index (χ3n) is 2.99. The van der Waals surface area contributed by atoms with Crippen LogP contribution in [0.15, 0.2) is 42.5 Å². The smallest absolute Gasteiger partial charge is 0.150 e. The van der Waals surface area contributed by atoms with Gasteiger partial charge in [0.05, 0.1) is 0 Å². The maximum atomic E-state index is 10.5. The second-order valence-corrected chi connectivity index (χ2v) is 4.39. The summed E-state index contributed by atoms with van der Waals surface area (Å²) < 4.78 is 5.67. The summed E-state index contributed by atoms with van der Waals surface area (Å²) in [6.07, 6.45) is 0.827. The molecule has 0 aliphatic carbocycles. The standard InChI is InChI=1S/C16H16O2/c1-12-3-4-15(9-13(12)2)11-18-16-7-5-14(10-17)6-8-16/h3-10H,11H2,1-2H3. The molecule has 0 unspecified atom stereocenters. The topological polar surface area (TPSA) is 26.3 Å². The minimum Gasteiger partial charge on any atom is -0.489 e. The van der Waals surface area contributed by atoms with E-state index in [0.29, 0.717) is 12.2 Å². The van der Waals surface area contributed by atoms with Gasteiger partial charge in [0, 0.05) is 5.56 Å². The third-order valence-corrected chi connectivity index (χ3v) is 2.99. The maximum Gasteiger partial charge on any atom is 0.150 e. The molecule has 0 aliphatic rings. The molecule has 0 saturated carbocycles. The first-order valence-corrected chi connectivity index (χ1v) is 5.93. The van der Waals surface area contributed by atoms with Crippen LogP contribution in [-0.2, 0) is 6.61 Å². The summed E-state index contributed by atoms with van der Waals surface area (Å²) >= 11 is 0. The molecule has 2 aromatic rings. The molecular formula is C16H16O2. The van der Waals surface area contributed by atoms with Crippen molar-refractivity contribution < 1.29 is 9.53 Å². The number of hydrogen-bond acceptors (Lipinski definition) is 2. The predicted octanol–water partition coefficient (Wildman–Crippen LogP) is 3.69. The second-order valence-electron chi connectivity index (χ2n) is 4.39. The van der Waals surface area contributed by atoms with Crippen molar-refractivity contribution in [1.82, 2.24) is 0 Å². The number of carbonyl (C=O) groups is 1. The van der Waals surface area contributed by atoms with E-state index in [1.807, 2.05) is 12.1 Å². The van der Waals surface area contributed by atoms with E-state index < -0.39 is 0 Å². The first-order chi connectivity index (χ1) is 8.69. The lowest BCUT2D eigenvalue weighted by atomic mass is 10.1. The molecule has 2 heteroatoms. The van der Waals surface area contributed by atoms with Crippen LogP contribution in [-0.4, -0.2) is 6.29 Å². The Morgan fingerprint density at radius 3 is 2.33 bits per heavy atom. The zero-order valence-electron chi connectivity index (χ0n) is 10.6. The molecule has 0 radical (unpaired) electrons. The molecule has 0 heterocycles. The summed E-state index contributed by atoms with van der Waals surface area (Å²) in [4.78, 5) is 10.5. The molecular weight excluding hydrogens is 224 g/mol. The van der Waals surface area contributed by atoms with Gasteiger partial charge in [0.15, 0.2) is 0 Å². The van der Waals surface area contributed by atoms with Crippen LogP contribution in [0, 0.1) is 13.8 Å². The molecule has 0 fully saturated rings. The fourth-order valence-electron chi connectivity index (χ4n) is 1.70. The SMILES string of the molecule is Cc1ccc(COc2ccc(C=O)cc2)cc1C. The first kappa shape index (κ1) is 12.4. The van der Waals surface area contributed by atoms with E-state index in [0.717, 1.165) is 17.6 Å². The Morgan fingerprint density at radius 1 is 1.00 bits per heavy atom. The van der Waals surface area contributed by atoms with Crippen molar-refractivity contribution in [1.29, 1.82) is 0 Å². The number of carbonyl (C=O) groups excluding carboxylic acids is 1. The van der Waals surface area contributed by atoms with Gasteiger partial charge in [-0.05, 0) is 54.8 Å². The number of aldehydes is 1. The van der Waals surface area contributed by atoms with Gasteiger partial charge in [0.2, 0.25) is 0 Å². The maximum absolute atomic E-state index is 10.5. The van der Waals surface area contributed by atoms with Crippen molar-refractivity contribution >= 4 is 6.29 Å². The normalized spacial score (nSPS) is 10.1. The highest BCUT2D eigenvalue weighted by Gasteiger charge is 1.99. The number of hydrogen-bond donors (Lipinski definition) is 0. The lowest BCUT2D eigenvalue weighted by Gasteiger charge is -2.08. The van der Waals surface area contributed by atoms with Crippen molar-refractivity contribution in [3.05, 3.63) is 64.7 Å². The average molecular weight is 240 g/mol. The molecule has 2 aromatic carbocycles. The Bertz CT molecular complexity index is 542. The van der Waals surface area contributed by atoms with E-state index in [9.17, 15) is 4.79 Å². The van der Waals surface area contributed by atoms with E-state index in [2.05, 4.69) is 32.0 Å². The van der Waals surface area contributed by atoms with Crippen LogP contribution in [0.1, 0.15) is 27.0 Å². The van der Waals surface area contributed by atoms with E-state index in [1.165, 1.54) is 11.1 Å². The molecule has 0 bridgehead atoms. The highest BCUT2D eigenvalue weighted by Crippen LogP contribution is 2.15. The van der Waals surface area contributed by atoms with Gasteiger partial charge in [-0.2, -0.15) is 0 Å². The molecule has 92 valence electrons. The van der Waals surface area contributed by atoms with Gasteiger partial charge in [0.1, 0.15) is 18.6 Å². The zero-order chi connectivity index (χ0) is 13.0. The fourth-order valence-corrected chi connectivity index (χ4v) is 1.70. The Labute approximate surface area is 107 Å². The molecule has 0 spiro atoms. The van der Waals surface area contributed by atoms with Crippen LogP contribution >= 0.6 is 0 Å². The first-order valence-electron chi connectivity index (χ1n) is 5.93. The van der Waals surface area contributed by atoms with Crippen LogP contribution in [0.5, 0.6) is 5.75 Å². The lowest BCUT2D eigenvalue weighted by molar-refractivity contribution is 0.112. The number of benzene rings is 2. The quantitative estimate of drug-likeness (QED) is 0.762. The molecule has 0 atom stereocenters. The second kappa shape index (κ2) is 5.50. The average Bonchev–Trinajstić information content (AvgIpc) is 2.41. The molecule has 2 nitrogen and oxygen atoms in total. The Balaban J connectivity index is 2.01. The van der Waals surface area contributed by atoms with E-state index in [4.69, 9.17) is 4.74 Å². The highest BCUT2D eigenvalue weighted by atomic mass is 16.5. The van der Waals surface area contributed by atoms with Crippen molar-refractivity contribution in [2.24, 2.45) is 0 Å². The minimum absolute atomic E-state index is 0.543. The van der Waals surface area contributed by atoms with E-state index >= 15 is 0 Å². The van der Waals surface area contributed by atoms with Gasteiger partial charge in [0.25, 0.3) is 0 Å². The third kappa shape index (κ3) is 2.98. The Morgan fingerprint density at radius 2 is 1.72 bits per heavy atom. The summed E-state index contributed by atoms with van der Waals surface area (Å²) in [5.74, 6) is 0.777. The summed E-state index contributed by atoms with van der Waals surface area (Å²) in [5.41, 5.74) is 4.37. The monoisotopic (exact) mass is 240 g/mol. The Hall–Kier alpha value is -2.09. The molecule has 18 heavy (non-hydrogen) atoms. The van der Waals surface area contributed by atoms with Crippen molar-refractivity contribution in [2.75, 3.05) is 0 Å². The Kier molecular flexibility index (Phi) is 3.78. The summed E-state index contributed by atoms with van der Waals surface area (Å²) in [5, 5.41) is 0.